The number of carbonyl (C=O) groups is 1. The van der Waals surface area contributed by atoms with Gasteiger partial charge < -0.3 is 14.3 Å². The average molecular weight is 324 g/mol. The molecule has 0 saturated heterocycles. The third-order valence-electron chi connectivity index (χ3n) is 3.76. The summed E-state index contributed by atoms with van der Waals surface area (Å²) in [5.74, 6) is -0.192. The first-order valence-electron chi connectivity index (χ1n) is 7.40. The standard InChI is InChI=1S/C19H16O5/c1-11-3-4-17-15(5-11)16(21)9-18(24-17)13-6-12(10-20)7-14(8-13)19(22)23-2/h3-9,20H,10H2,1-2H3. The lowest BCUT2D eigenvalue weighted by molar-refractivity contribution is 0.0600. The fourth-order valence-corrected chi connectivity index (χ4v) is 2.57. The Hall–Kier alpha value is -2.92. The van der Waals surface area contributed by atoms with Gasteiger partial charge in [-0.2, -0.15) is 0 Å². The van der Waals surface area contributed by atoms with Crippen molar-refractivity contribution in [2.75, 3.05) is 7.11 Å². The number of methoxy groups -OCH3 is 1. The molecule has 0 aliphatic rings. The molecule has 2 aromatic carbocycles. The fraction of sp³-hybridized carbons (Fsp3) is 0.158. The highest BCUT2D eigenvalue weighted by atomic mass is 16.5. The third-order valence-corrected chi connectivity index (χ3v) is 3.76. The van der Waals surface area contributed by atoms with Crippen molar-refractivity contribution in [3.05, 3.63) is 69.4 Å². The van der Waals surface area contributed by atoms with Gasteiger partial charge in [0, 0.05) is 11.6 Å². The van der Waals surface area contributed by atoms with E-state index >= 15 is 0 Å². The SMILES string of the molecule is COC(=O)c1cc(CO)cc(-c2cc(=O)c3cc(C)ccc3o2)c1. The minimum absolute atomic E-state index is 0.163. The molecule has 3 aromatic rings. The molecule has 122 valence electrons. The molecule has 5 heteroatoms. The molecule has 0 atom stereocenters. The second-order valence-corrected chi connectivity index (χ2v) is 5.54. The Labute approximate surface area is 138 Å². The molecule has 0 saturated carbocycles. The molecule has 0 fully saturated rings. The highest BCUT2D eigenvalue weighted by molar-refractivity contribution is 5.91. The number of aliphatic hydroxyl groups is 1. The molecule has 5 nitrogen and oxygen atoms in total. The first-order chi connectivity index (χ1) is 11.5. The highest BCUT2D eigenvalue weighted by Crippen LogP contribution is 2.25. The summed E-state index contributed by atoms with van der Waals surface area (Å²) in [7, 11) is 1.28. The van der Waals surface area contributed by atoms with E-state index in [1.54, 1.807) is 24.3 Å². The molecule has 0 aliphatic heterocycles. The number of rotatable bonds is 3. The highest BCUT2D eigenvalue weighted by Gasteiger charge is 2.13. The number of aliphatic hydroxyl groups excluding tert-OH is 1. The lowest BCUT2D eigenvalue weighted by Gasteiger charge is -2.08. The normalized spacial score (nSPS) is 10.8. The van der Waals surface area contributed by atoms with E-state index in [4.69, 9.17) is 9.15 Å². The van der Waals surface area contributed by atoms with Crippen LogP contribution in [-0.2, 0) is 11.3 Å². The molecule has 0 aliphatic carbocycles. The van der Waals surface area contributed by atoms with Crippen LogP contribution in [0.5, 0.6) is 0 Å². The van der Waals surface area contributed by atoms with Gasteiger partial charge in [0.2, 0.25) is 0 Å². The van der Waals surface area contributed by atoms with Gasteiger partial charge in [-0.1, -0.05) is 11.6 Å². The monoisotopic (exact) mass is 324 g/mol. The van der Waals surface area contributed by atoms with Crippen molar-refractivity contribution in [2.24, 2.45) is 0 Å². The van der Waals surface area contributed by atoms with Crippen molar-refractivity contribution < 1.29 is 19.1 Å². The van der Waals surface area contributed by atoms with E-state index < -0.39 is 5.97 Å². The summed E-state index contributed by atoms with van der Waals surface area (Å²) in [6.07, 6.45) is 0. The van der Waals surface area contributed by atoms with Crippen molar-refractivity contribution in [1.29, 1.82) is 0 Å². The first kappa shape index (κ1) is 16.0. The molecule has 1 heterocycles. The van der Waals surface area contributed by atoms with Crippen LogP contribution in [0.3, 0.4) is 0 Å². The molecule has 0 radical (unpaired) electrons. The van der Waals surface area contributed by atoms with Gasteiger partial charge >= 0.3 is 5.97 Å². The Balaban J connectivity index is 2.21. The minimum Gasteiger partial charge on any atom is -0.465 e. The summed E-state index contributed by atoms with van der Waals surface area (Å²) >= 11 is 0. The summed E-state index contributed by atoms with van der Waals surface area (Å²) in [4.78, 5) is 24.1. The number of hydrogen-bond donors (Lipinski definition) is 1. The maximum absolute atomic E-state index is 12.4. The van der Waals surface area contributed by atoms with Crippen LogP contribution in [0.4, 0.5) is 0 Å². The second-order valence-electron chi connectivity index (χ2n) is 5.54. The Morgan fingerprint density at radius 3 is 2.67 bits per heavy atom. The predicted molar refractivity (Wildman–Crippen MR) is 89.9 cm³/mol. The molecule has 24 heavy (non-hydrogen) atoms. The molecule has 3 rings (SSSR count). The van der Waals surface area contributed by atoms with Crippen LogP contribution in [0.15, 0.2) is 51.7 Å². The predicted octanol–water partition coefficient (Wildman–Crippen LogP) is 3.05. The van der Waals surface area contributed by atoms with E-state index in [1.165, 1.54) is 19.2 Å². The van der Waals surface area contributed by atoms with Crippen molar-refractivity contribution in [2.45, 2.75) is 13.5 Å². The third kappa shape index (κ3) is 2.94. The van der Waals surface area contributed by atoms with Crippen LogP contribution >= 0.6 is 0 Å². The Kier molecular flexibility index (Phi) is 4.18. The van der Waals surface area contributed by atoms with Gasteiger partial charge in [0.15, 0.2) is 5.43 Å². The fourth-order valence-electron chi connectivity index (χ4n) is 2.57. The van der Waals surface area contributed by atoms with Crippen LogP contribution in [0, 0.1) is 6.92 Å². The number of esters is 1. The topological polar surface area (TPSA) is 76.7 Å². The second kappa shape index (κ2) is 6.29. The van der Waals surface area contributed by atoms with E-state index in [2.05, 4.69) is 0 Å². The average Bonchev–Trinajstić information content (AvgIpc) is 2.61. The van der Waals surface area contributed by atoms with Crippen molar-refractivity contribution in [1.82, 2.24) is 0 Å². The molecule has 1 aromatic heterocycles. The zero-order valence-corrected chi connectivity index (χ0v) is 13.3. The van der Waals surface area contributed by atoms with Crippen molar-refractivity contribution in [3.63, 3.8) is 0 Å². The number of aryl methyl sites for hydroxylation is 1. The number of fused-ring (bicyclic) bond motifs is 1. The number of ether oxygens (including phenoxy) is 1. The van der Waals surface area contributed by atoms with Crippen LogP contribution < -0.4 is 5.43 Å². The lowest BCUT2D eigenvalue weighted by Crippen LogP contribution is -2.04. The van der Waals surface area contributed by atoms with Gasteiger partial charge in [0.25, 0.3) is 0 Å². The summed E-state index contributed by atoms with van der Waals surface area (Å²) < 4.78 is 10.5. The molecule has 0 bridgehead atoms. The van der Waals surface area contributed by atoms with Crippen LogP contribution in [0.1, 0.15) is 21.5 Å². The summed E-state index contributed by atoms with van der Waals surface area (Å²) in [5, 5.41) is 9.91. The van der Waals surface area contributed by atoms with Gasteiger partial charge in [0.1, 0.15) is 11.3 Å². The number of benzene rings is 2. The van der Waals surface area contributed by atoms with Crippen LogP contribution in [0.25, 0.3) is 22.3 Å². The maximum atomic E-state index is 12.4. The van der Waals surface area contributed by atoms with Gasteiger partial charge in [-0.05, 0) is 42.8 Å². The number of carbonyl (C=O) groups excluding carboxylic acids is 1. The van der Waals surface area contributed by atoms with Crippen LogP contribution in [-0.4, -0.2) is 18.2 Å². The molecule has 0 spiro atoms. The Bertz CT molecular complexity index is 985. The summed E-state index contributed by atoms with van der Waals surface area (Å²) in [5.41, 5.74) is 2.62. The number of hydrogen-bond acceptors (Lipinski definition) is 5. The van der Waals surface area contributed by atoms with Crippen molar-refractivity contribution >= 4 is 16.9 Å². The first-order valence-corrected chi connectivity index (χ1v) is 7.40. The zero-order chi connectivity index (χ0) is 17.3. The van der Waals surface area contributed by atoms with Crippen LogP contribution in [0.2, 0.25) is 0 Å². The zero-order valence-electron chi connectivity index (χ0n) is 13.3. The van der Waals surface area contributed by atoms with Gasteiger partial charge in [0.05, 0.1) is 24.7 Å². The van der Waals surface area contributed by atoms with E-state index in [1.807, 2.05) is 13.0 Å². The van der Waals surface area contributed by atoms with Gasteiger partial charge in [-0.25, -0.2) is 4.79 Å². The Morgan fingerprint density at radius 1 is 1.17 bits per heavy atom. The minimum atomic E-state index is -0.523. The van der Waals surface area contributed by atoms with Crippen molar-refractivity contribution in [3.8, 4) is 11.3 Å². The lowest BCUT2D eigenvalue weighted by atomic mass is 10.0. The quantitative estimate of drug-likeness (QED) is 0.749. The van der Waals surface area contributed by atoms with E-state index in [-0.39, 0.29) is 17.6 Å². The summed E-state index contributed by atoms with van der Waals surface area (Å²) in [6, 6.07) is 11.5. The van der Waals surface area contributed by atoms with E-state index in [9.17, 15) is 14.7 Å². The molecular formula is C19H16O5. The van der Waals surface area contributed by atoms with E-state index in [0.29, 0.717) is 27.9 Å². The van der Waals surface area contributed by atoms with Gasteiger partial charge in [-0.3, -0.25) is 4.79 Å². The molecule has 1 N–H and O–H groups in total. The largest absolute Gasteiger partial charge is 0.465 e. The van der Waals surface area contributed by atoms with E-state index in [0.717, 1.165) is 5.56 Å². The summed E-state index contributed by atoms with van der Waals surface area (Å²) in [6.45, 7) is 1.66. The Morgan fingerprint density at radius 2 is 1.96 bits per heavy atom. The van der Waals surface area contributed by atoms with Gasteiger partial charge in [-0.15, -0.1) is 0 Å². The maximum Gasteiger partial charge on any atom is 0.337 e. The smallest absolute Gasteiger partial charge is 0.337 e. The molecular weight excluding hydrogens is 308 g/mol. The molecule has 0 unspecified atom stereocenters. The molecule has 0 amide bonds.